The smallest absolute Gasteiger partial charge is 0.125 e. The molecule has 0 fully saturated rings. The first-order valence-electron chi connectivity index (χ1n) is 7.36. The summed E-state index contributed by atoms with van der Waals surface area (Å²) in [5, 5.41) is 0. The van der Waals surface area contributed by atoms with Crippen LogP contribution < -0.4 is 15.2 Å². The van der Waals surface area contributed by atoms with E-state index < -0.39 is 0 Å². The Kier molecular flexibility index (Phi) is 4.89. The molecule has 0 saturated carbocycles. The van der Waals surface area contributed by atoms with Gasteiger partial charge in [-0.05, 0) is 39.8 Å². The van der Waals surface area contributed by atoms with Crippen LogP contribution in [-0.4, -0.2) is 25.4 Å². The van der Waals surface area contributed by atoms with Crippen molar-refractivity contribution in [2.24, 2.45) is 5.73 Å². The van der Waals surface area contributed by atoms with Gasteiger partial charge in [-0.2, -0.15) is 0 Å². The van der Waals surface area contributed by atoms with Crippen molar-refractivity contribution < 1.29 is 14.2 Å². The summed E-state index contributed by atoms with van der Waals surface area (Å²) in [6.45, 7) is 9.12. The Morgan fingerprint density at radius 2 is 2.15 bits per heavy atom. The van der Waals surface area contributed by atoms with Crippen LogP contribution in [0.5, 0.6) is 11.5 Å². The van der Waals surface area contributed by atoms with Crippen molar-refractivity contribution >= 4 is 0 Å². The predicted octanol–water partition coefficient (Wildman–Crippen LogP) is 2.83. The van der Waals surface area contributed by atoms with Gasteiger partial charge in [0, 0.05) is 24.1 Å². The quantitative estimate of drug-likeness (QED) is 0.870. The van der Waals surface area contributed by atoms with Gasteiger partial charge < -0.3 is 19.9 Å². The van der Waals surface area contributed by atoms with Gasteiger partial charge in [-0.1, -0.05) is 0 Å². The van der Waals surface area contributed by atoms with E-state index in [1.165, 1.54) is 5.56 Å². The third-order valence-corrected chi connectivity index (χ3v) is 3.33. The van der Waals surface area contributed by atoms with Gasteiger partial charge in [-0.25, -0.2) is 0 Å². The van der Waals surface area contributed by atoms with Crippen molar-refractivity contribution in [1.82, 2.24) is 0 Å². The van der Waals surface area contributed by atoms with Gasteiger partial charge in [-0.3, -0.25) is 0 Å². The Morgan fingerprint density at radius 1 is 1.40 bits per heavy atom. The van der Waals surface area contributed by atoms with Crippen molar-refractivity contribution in [3.05, 3.63) is 23.3 Å². The van der Waals surface area contributed by atoms with Crippen LogP contribution in [0.1, 0.15) is 44.9 Å². The van der Waals surface area contributed by atoms with E-state index in [9.17, 15) is 0 Å². The van der Waals surface area contributed by atoms with Gasteiger partial charge in [0.15, 0.2) is 0 Å². The molecule has 0 amide bonds. The fourth-order valence-corrected chi connectivity index (χ4v) is 2.57. The van der Waals surface area contributed by atoms with E-state index in [2.05, 4.69) is 13.0 Å². The fraction of sp³-hybridized carbons (Fsp3) is 0.625. The molecule has 2 atom stereocenters. The summed E-state index contributed by atoms with van der Waals surface area (Å²) < 4.78 is 17.5. The third-order valence-electron chi connectivity index (χ3n) is 3.33. The predicted molar refractivity (Wildman–Crippen MR) is 79.4 cm³/mol. The van der Waals surface area contributed by atoms with Crippen molar-refractivity contribution in [2.75, 3.05) is 13.2 Å². The summed E-state index contributed by atoms with van der Waals surface area (Å²) in [6.07, 6.45) is 1.10. The molecule has 0 spiro atoms. The monoisotopic (exact) mass is 279 g/mol. The second kappa shape index (κ2) is 6.46. The Bertz CT molecular complexity index is 459. The molecule has 0 aromatic heterocycles. The Hall–Kier alpha value is -1.26. The number of fused-ring (bicyclic) bond motifs is 1. The molecule has 1 aliphatic heterocycles. The van der Waals surface area contributed by atoms with Gasteiger partial charge in [0.25, 0.3) is 0 Å². The van der Waals surface area contributed by atoms with E-state index in [-0.39, 0.29) is 18.3 Å². The summed E-state index contributed by atoms with van der Waals surface area (Å²) in [4.78, 5) is 0. The maximum absolute atomic E-state index is 5.90. The molecular formula is C16H25NO3. The molecule has 4 heteroatoms. The maximum atomic E-state index is 5.90. The molecule has 1 aromatic rings. The van der Waals surface area contributed by atoms with Crippen molar-refractivity contribution in [2.45, 2.75) is 52.4 Å². The molecule has 1 aliphatic rings. The van der Waals surface area contributed by atoms with Crippen LogP contribution in [0.25, 0.3) is 0 Å². The van der Waals surface area contributed by atoms with Crippen LogP contribution in [0.2, 0.25) is 0 Å². The zero-order valence-electron chi connectivity index (χ0n) is 12.8. The van der Waals surface area contributed by atoms with E-state index in [1.807, 2.05) is 26.8 Å². The zero-order valence-corrected chi connectivity index (χ0v) is 12.8. The van der Waals surface area contributed by atoms with Crippen molar-refractivity contribution in [3.8, 4) is 11.5 Å². The SMILES string of the molecule is CCOc1cc2c(cc1C(CN)OC(C)C)OC(C)C2. The highest BCUT2D eigenvalue weighted by molar-refractivity contribution is 5.49. The highest BCUT2D eigenvalue weighted by Crippen LogP contribution is 2.38. The van der Waals surface area contributed by atoms with Crippen LogP contribution in [0, 0.1) is 0 Å². The van der Waals surface area contributed by atoms with Crippen LogP contribution >= 0.6 is 0 Å². The number of hydrogen-bond acceptors (Lipinski definition) is 4. The maximum Gasteiger partial charge on any atom is 0.125 e. The number of ether oxygens (including phenoxy) is 3. The van der Waals surface area contributed by atoms with E-state index >= 15 is 0 Å². The molecule has 2 rings (SSSR count). The van der Waals surface area contributed by atoms with Crippen LogP contribution in [0.3, 0.4) is 0 Å². The molecule has 0 bridgehead atoms. The second-order valence-electron chi connectivity index (χ2n) is 5.47. The molecule has 4 nitrogen and oxygen atoms in total. The minimum atomic E-state index is -0.165. The van der Waals surface area contributed by atoms with Gasteiger partial charge in [0.1, 0.15) is 17.6 Å². The van der Waals surface area contributed by atoms with Crippen LogP contribution in [0.4, 0.5) is 0 Å². The summed E-state index contributed by atoms with van der Waals surface area (Å²) in [5.74, 6) is 1.79. The Balaban J connectivity index is 2.36. The number of rotatable bonds is 6. The van der Waals surface area contributed by atoms with Crippen LogP contribution in [0.15, 0.2) is 12.1 Å². The van der Waals surface area contributed by atoms with Gasteiger partial charge in [0.2, 0.25) is 0 Å². The summed E-state index contributed by atoms with van der Waals surface area (Å²) in [5.41, 5.74) is 8.05. The lowest BCUT2D eigenvalue weighted by molar-refractivity contribution is 0.0104. The highest BCUT2D eigenvalue weighted by Gasteiger charge is 2.25. The van der Waals surface area contributed by atoms with Crippen molar-refractivity contribution in [3.63, 3.8) is 0 Å². The lowest BCUT2D eigenvalue weighted by atomic mass is 10.0. The first-order chi connectivity index (χ1) is 9.55. The standard InChI is InChI=1S/C16H25NO3/c1-5-18-15-7-12-6-11(4)20-14(12)8-13(15)16(9-17)19-10(2)3/h7-8,10-11,16H,5-6,9,17H2,1-4H3. The van der Waals surface area contributed by atoms with E-state index in [0.29, 0.717) is 13.2 Å². The lowest BCUT2D eigenvalue weighted by Gasteiger charge is -2.22. The molecule has 0 saturated heterocycles. The topological polar surface area (TPSA) is 53.7 Å². The van der Waals surface area contributed by atoms with E-state index in [1.54, 1.807) is 0 Å². The number of hydrogen-bond donors (Lipinski definition) is 1. The molecule has 0 aliphatic carbocycles. The average Bonchev–Trinajstić information content (AvgIpc) is 2.74. The summed E-state index contributed by atoms with van der Waals surface area (Å²) in [7, 11) is 0. The molecule has 112 valence electrons. The Morgan fingerprint density at radius 3 is 2.75 bits per heavy atom. The van der Waals surface area contributed by atoms with Crippen LogP contribution in [-0.2, 0) is 11.2 Å². The molecule has 20 heavy (non-hydrogen) atoms. The molecule has 1 aromatic carbocycles. The summed E-state index contributed by atoms with van der Waals surface area (Å²) >= 11 is 0. The number of benzene rings is 1. The highest BCUT2D eigenvalue weighted by atomic mass is 16.5. The first kappa shape index (κ1) is 15.1. The minimum absolute atomic E-state index is 0.117. The Labute approximate surface area is 121 Å². The van der Waals surface area contributed by atoms with Gasteiger partial charge in [-0.15, -0.1) is 0 Å². The first-order valence-corrected chi connectivity index (χ1v) is 7.36. The largest absolute Gasteiger partial charge is 0.493 e. The second-order valence-corrected chi connectivity index (χ2v) is 5.47. The molecule has 2 N–H and O–H groups in total. The third kappa shape index (κ3) is 3.25. The van der Waals surface area contributed by atoms with Crippen molar-refractivity contribution in [1.29, 1.82) is 0 Å². The molecule has 2 unspecified atom stereocenters. The number of nitrogens with two attached hydrogens (primary N) is 1. The van der Waals surface area contributed by atoms with E-state index in [4.69, 9.17) is 19.9 Å². The lowest BCUT2D eigenvalue weighted by Crippen LogP contribution is -2.20. The minimum Gasteiger partial charge on any atom is -0.493 e. The van der Waals surface area contributed by atoms with Gasteiger partial charge >= 0.3 is 0 Å². The molecule has 0 radical (unpaired) electrons. The molecule has 1 heterocycles. The average molecular weight is 279 g/mol. The van der Waals surface area contributed by atoms with Gasteiger partial charge in [0.05, 0.1) is 18.8 Å². The fourth-order valence-electron chi connectivity index (χ4n) is 2.57. The normalized spacial score (nSPS) is 18.8. The zero-order chi connectivity index (χ0) is 14.7. The summed E-state index contributed by atoms with van der Waals surface area (Å²) in [6, 6.07) is 4.10. The molecular weight excluding hydrogens is 254 g/mol. The van der Waals surface area contributed by atoms with E-state index in [0.717, 1.165) is 23.5 Å².